The zero-order valence-electron chi connectivity index (χ0n) is 7.69. The molecule has 0 saturated heterocycles. The molecule has 0 aliphatic rings. The van der Waals surface area contributed by atoms with E-state index in [0.717, 1.165) is 0 Å². The highest BCUT2D eigenvalue weighted by Gasteiger charge is 2.03. The van der Waals surface area contributed by atoms with Crippen LogP contribution in [0, 0.1) is 0 Å². The third-order valence-corrected chi connectivity index (χ3v) is 1.78. The standard InChI is InChI=1S/C9H11N3O2/c1-11-9(13)7-4-2-6(3-5-7)8(10)12-14/h2-5,14H,1H3,(H2,10,12)(H,11,13). The topological polar surface area (TPSA) is 87.7 Å². The van der Waals surface area contributed by atoms with Crippen LogP contribution in [0.5, 0.6) is 0 Å². The first kappa shape index (κ1) is 10.0. The number of oxime groups is 1. The monoisotopic (exact) mass is 193 g/mol. The van der Waals surface area contributed by atoms with E-state index in [1.807, 2.05) is 0 Å². The molecule has 0 unspecified atom stereocenters. The Kier molecular flexibility index (Phi) is 3.06. The van der Waals surface area contributed by atoms with Gasteiger partial charge in [0.05, 0.1) is 0 Å². The average molecular weight is 193 g/mol. The molecule has 0 aliphatic heterocycles. The Morgan fingerprint density at radius 2 is 1.86 bits per heavy atom. The Labute approximate surface area is 81.2 Å². The second kappa shape index (κ2) is 4.27. The summed E-state index contributed by atoms with van der Waals surface area (Å²) in [6.45, 7) is 0. The van der Waals surface area contributed by atoms with Gasteiger partial charge in [-0.1, -0.05) is 17.3 Å². The highest BCUT2D eigenvalue weighted by atomic mass is 16.4. The van der Waals surface area contributed by atoms with Gasteiger partial charge in [-0.3, -0.25) is 4.79 Å². The van der Waals surface area contributed by atoms with Gasteiger partial charge >= 0.3 is 0 Å². The third kappa shape index (κ3) is 2.01. The van der Waals surface area contributed by atoms with Gasteiger partial charge in [0.15, 0.2) is 5.84 Å². The summed E-state index contributed by atoms with van der Waals surface area (Å²) in [4.78, 5) is 11.1. The van der Waals surface area contributed by atoms with E-state index in [2.05, 4.69) is 10.5 Å². The highest BCUT2D eigenvalue weighted by Crippen LogP contribution is 2.03. The number of carbonyl (C=O) groups excluding carboxylic acids is 1. The molecule has 5 nitrogen and oxygen atoms in total. The minimum absolute atomic E-state index is 0.0217. The fourth-order valence-electron chi connectivity index (χ4n) is 0.994. The molecular weight excluding hydrogens is 182 g/mol. The van der Waals surface area contributed by atoms with Crippen LogP contribution >= 0.6 is 0 Å². The molecule has 5 heteroatoms. The number of hydrogen-bond acceptors (Lipinski definition) is 3. The van der Waals surface area contributed by atoms with Crippen molar-refractivity contribution in [1.82, 2.24) is 5.32 Å². The predicted octanol–water partition coefficient (Wildman–Crippen LogP) is 0.141. The van der Waals surface area contributed by atoms with Gasteiger partial charge in [-0.25, -0.2) is 0 Å². The molecule has 0 heterocycles. The lowest BCUT2D eigenvalue weighted by atomic mass is 10.1. The molecule has 1 aromatic carbocycles. The van der Waals surface area contributed by atoms with Crippen LogP contribution in [-0.2, 0) is 0 Å². The van der Waals surface area contributed by atoms with E-state index in [4.69, 9.17) is 10.9 Å². The van der Waals surface area contributed by atoms with Crippen molar-refractivity contribution < 1.29 is 10.0 Å². The van der Waals surface area contributed by atoms with Crippen molar-refractivity contribution in [3.8, 4) is 0 Å². The Balaban J connectivity index is 2.95. The van der Waals surface area contributed by atoms with Gasteiger partial charge in [-0.05, 0) is 12.1 Å². The summed E-state index contributed by atoms with van der Waals surface area (Å²) in [5, 5.41) is 13.7. The minimum Gasteiger partial charge on any atom is -0.409 e. The molecule has 0 atom stereocenters. The molecule has 1 rings (SSSR count). The van der Waals surface area contributed by atoms with Crippen LogP contribution in [0.3, 0.4) is 0 Å². The summed E-state index contributed by atoms with van der Waals surface area (Å²) in [5.74, 6) is -0.149. The summed E-state index contributed by atoms with van der Waals surface area (Å²) in [5.41, 5.74) is 6.45. The quantitative estimate of drug-likeness (QED) is 0.270. The van der Waals surface area contributed by atoms with E-state index in [1.165, 1.54) is 0 Å². The van der Waals surface area contributed by atoms with Crippen molar-refractivity contribution in [3.63, 3.8) is 0 Å². The van der Waals surface area contributed by atoms with Gasteiger partial charge in [-0.15, -0.1) is 0 Å². The highest BCUT2D eigenvalue weighted by molar-refractivity contribution is 5.99. The number of nitrogens with zero attached hydrogens (tertiary/aromatic N) is 1. The molecule has 0 fully saturated rings. The molecule has 0 radical (unpaired) electrons. The van der Waals surface area contributed by atoms with Crippen LogP contribution in [0.2, 0.25) is 0 Å². The molecule has 1 aromatic rings. The zero-order valence-corrected chi connectivity index (χ0v) is 7.69. The van der Waals surface area contributed by atoms with E-state index in [1.54, 1.807) is 31.3 Å². The van der Waals surface area contributed by atoms with Gasteiger partial charge in [0, 0.05) is 18.2 Å². The normalized spacial score (nSPS) is 11.1. The lowest BCUT2D eigenvalue weighted by Crippen LogP contribution is -2.18. The predicted molar refractivity (Wildman–Crippen MR) is 52.3 cm³/mol. The van der Waals surface area contributed by atoms with E-state index in [9.17, 15) is 4.79 Å². The molecule has 0 bridgehead atoms. The lowest BCUT2D eigenvalue weighted by molar-refractivity contribution is 0.0963. The molecule has 0 aromatic heterocycles. The van der Waals surface area contributed by atoms with Crippen LogP contribution in [0.25, 0.3) is 0 Å². The summed E-state index contributed by atoms with van der Waals surface area (Å²) < 4.78 is 0. The maximum absolute atomic E-state index is 11.1. The van der Waals surface area contributed by atoms with Crippen LogP contribution in [0.15, 0.2) is 29.4 Å². The maximum Gasteiger partial charge on any atom is 0.251 e. The molecule has 0 spiro atoms. The van der Waals surface area contributed by atoms with Crippen molar-refractivity contribution in [1.29, 1.82) is 0 Å². The summed E-state index contributed by atoms with van der Waals surface area (Å²) in [6, 6.07) is 6.43. The van der Waals surface area contributed by atoms with Gasteiger partial charge in [0.25, 0.3) is 5.91 Å². The number of nitrogens with two attached hydrogens (primary N) is 1. The summed E-state index contributed by atoms with van der Waals surface area (Å²) in [7, 11) is 1.56. The van der Waals surface area contributed by atoms with Crippen molar-refractivity contribution in [2.75, 3.05) is 7.05 Å². The van der Waals surface area contributed by atoms with Crippen molar-refractivity contribution in [2.45, 2.75) is 0 Å². The number of rotatable bonds is 2. The van der Waals surface area contributed by atoms with Crippen LogP contribution in [-0.4, -0.2) is 24.0 Å². The molecule has 4 N–H and O–H groups in total. The largest absolute Gasteiger partial charge is 0.409 e. The number of benzene rings is 1. The maximum atomic E-state index is 11.1. The van der Waals surface area contributed by atoms with Gasteiger partial charge < -0.3 is 16.3 Å². The van der Waals surface area contributed by atoms with Gasteiger partial charge in [0.1, 0.15) is 0 Å². The van der Waals surface area contributed by atoms with Crippen LogP contribution < -0.4 is 11.1 Å². The van der Waals surface area contributed by atoms with E-state index < -0.39 is 0 Å². The Morgan fingerprint density at radius 3 is 2.29 bits per heavy atom. The fourth-order valence-corrected chi connectivity index (χ4v) is 0.994. The van der Waals surface area contributed by atoms with Crippen molar-refractivity contribution in [2.24, 2.45) is 10.9 Å². The Morgan fingerprint density at radius 1 is 1.36 bits per heavy atom. The molecule has 14 heavy (non-hydrogen) atoms. The molecule has 0 aliphatic carbocycles. The molecule has 74 valence electrons. The number of amides is 1. The first-order valence-electron chi connectivity index (χ1n) is 3.99. The summed E-state index contributed by atoms with van der Waals surface area (Å²) in [6.07, 6.45) is 0. The number of hydrogen-bond donors (Lipinski definition) is 3. The number of nitrogens with one attached hydrogen (secondary N) is 1. The van der Waals surface area contributed by atoms with Crippen LogP contribution in [0.1, 0.15) is 15.9 Å². The zero-order chi connectivity index (χ0) is 10.6. The van der Waals surface area contributed by atoms with Gasteiger partial charge in [-0.2, -0.15) is 0 Å². The molecular formula is C9H11N3O2. The van der Waals surface area contributed by atoms with E-state index in [0.29, 0.717) is 11.1 Å². The average Bonchev–Trinajstić information content (AvgIpc) is 2.27. The molecule has 0 saturated carbocycles. The first-order chi connectivity index (χ1) is 6.69. The fraction of sp³-hybridized carbons (Fsp3) is 0.111. The Hall–Kier alpha value is -2.04. The Bertz CT molecular complexity index is 357. The lowest BCUT2D eigenvalue weighted by Gasteiger charge is -2.01. The van der Waals surface area contributed by atoms with E-state index >= 15 is 0 Å². The second-order valence-corrected chi connectivity index (χ2v) is 2.64. The van der Waals surface area contributed by atoms with Crippen molar-refractivity contribution >= 4 is 11.7 Å². The van der Waals surface area contributed by atoms with Crippen molar-refractivity contribution in [3.05, 3.63) is 35.4 Å². The molecule has 1 amide bonds. The van der Waals surface area contributed by atoms with Gasteiger partial charge in [0.2, 0.25) is 0 Å². The number of amidine groups is 1. The second-order valence-electron chi connectivity index (χ2n) is 2.64. The third-order valence-electron chi connectivity index (χ3n) is 1.78. The minimum atomic E-state index is -0.170. The number of carbonyl (C=O) groups is 1. The van der Waals surface area contributed by atoms with Crippen LogP contribution in [0.4, 0.5) is 0 Å². The SMILES string of the molecule is CNC(=O)c1ccc(/C(N)=N/O)cc1. The smallest absolute Gasteiger partial charge is 0.251 e. The summed E-state index contributed by atoms with van der Waals surface area (Å²) >= 11 is 0. The van der Waals surface area contributed by atoms with E-state index in [-0.39, 0.29) is 11.7 Å². The first-order valence-corrected chi connectivity index (χ1v) is 3.99.